The number of nitrogens with one attached hydrogen (secondary N) is 1. The van der Waals surface area contributed by atoms with E-state index >= 15 is 0 Å². The fourth-order valence-electron chi connectivity index (χ4n) is 3.51. The molecule has 6 heteroatoms. The van der Waals surface area contributed by atoms with Crippen LogP contribution in [0.15, 0.2) is 71.8 Å². The number of anilines is 1. The standard InChI is InChI=1S/C23H21N3O3/c1-15-12-20(23(28)26(2)21-11-7-6-10-18(15)21)24-22(27)19-14-17(29-25-19)13-16-8-4-3-5-9-16/h3-11,14,20H,1,12-13H2,2H3,(H,24,27)/t20-/m0/s1. The van der Waals surface area contributed by atoms with Crippen LogP contribution in [-0.2, 0) is 11.2 Å². The van der Waals surface area contributed by atoms with Crippen LogP contribution in [0.5, 0.6) is 0 Å². The van der Waals surface area contributed by atoms with Gasteiger partial charge < -0.3 is 14.7 Å². The lowest BCUT2D eigenvalue weighted by molar-refractivity contribution is -0.120. The van der Waals surface area contributed by atoms with Crippen molar-refractivity contribution < 1.29 is 14.1 Å². The van der Waals surface area contributed by atoms with Gasteiger partial charge >= 0.3 is 0 Å². The molecule has 0 aliphatic carbocycles. The SMILES string of the molecule is C=C1C[C@H](NC(=O)c2cc(Cc3ccccc3)on2)C(=O)N(C)c2ccccc21. The highest BCUT2D eigenvalue weighted by Crippen LogP contribution is 2.32. The Bertz CT molecular complexity index is 1070. The van der Waals surface area contributed by atoms with Gasteiger partial charge in [0.05, 0.1) is 5.69 Å². The van der Waals surface area contributed by atoms with Crippen LogP contribution < -0.4 is 10.2 Å². The number of benzene rings is 2. The highest BCUT2D eigenvalue weighted by atomic mass is 16.5. The summed E-state index contributed by atoms with van der Waals surface area (Å²) in [5.74, 6) is -0.0569. The molecule has 6 nitrogen and oxygen atoms in total. The second-order valence-corrected chi connectivity index (χ2v) is 7.09. The van der Waals surface area contributed by atoms with Crippen LogP contribution in [0.3, 0.4) is 0 Å². The van der Waals surface area contributed by atoms with Crippen molar-refractivity contribution in [2.45, 2.75) is 18.9 Å². The molecule has 0 bridgehead atoms. The van der Waals surface area contributed by atoms with E-state index in [4.69, 9.17) is 4.52 Å². The van der Waals surface area contributed by atoms with Gasteiger partial charge in [-0.15, -0.1) is 0 Å². The summed E-state index contributed by atoms with van der Waals surface area (Å²) in [6.45, 7) is 4.10. The van der Waals surface area contributed by atoms with Gasteiger partial charge in [0.15, 0.2) is 5.69 Å². The van der Waals surface area contributed by atoms with Crippen molar-refractivity contribution in [3.8, 4) is 0 Å². The van der Waals surface area contributed by atoms with E-state index in [9.17, 15) is 9.59 Å². The molecule has 2 amide bonds. The number of para-hydroxylation sites is 1. The molecule has 0 unspecified atom stereocenters. The maximum Gasteiger partial charge on any atom is 0.274 e. The Kier molecular flexibility index (Phi) is 4.99. The minimum Gasteiger partial charge on any atom is -0.360 e. The zero-order valence-corrected chi connectivity index (χ0v) is 16.1. The van der Waals surface area contributed by atoms with Crippen LogP contribution in [0.25, 0.3) is 5.57 Å². The maximum absolute atomic E-state index is 12.9. The summed E-state index contributed by atoms with van der Waals surface area (Å²) in [4.78, 5) is 27.1. The molecule has 1 aliphatic rings. The summed E-state index contributed by atoms with van der Waals surface area (Å²) in [6.07, 6.45) is 0.874. The van der Waals surface area contributed by atoms with Crippen molar-refractivity contribution >= 4 is 23.1 Å². The monoisotopic (exact) mass is 387 g/mol. The highest BCUT2D eigenvalue weighted by Gasteiger charge is 2.31. The quantitative estimate of drug-likeness (QED) is 0.744. The first-order chi connectivity index (χ1) is 14.0. The summed E-state index contributed by atoms with van der Waals surface area (Å²) in [5, 5.41) is 6.65. The molecule has 146 valence electrons. The summed E-state index contributed by atoms with van der Waals surface area (Å²) in [5.41, 5.74) is 3.70. The number of hydrogen-bond acceptors (Lipinski definition) is 4. The molecular formula is C23H21N3O3. The average molecular weight is 387 g/mol. The highest BCUT2D eigenvalue weighted by molar-refractivity contribution is 6.05. The first kappa shape index (κ1) is 18.7. The van der Waals surface area contributed by atoms with Crippen LogP contribution >= 0.6 is 0 Å². The molecule has 4 rings (SSSR count). The number of aromatic nitrogens is 1. The topological polar surface area (TPSA) is 75.4 Å². The second-order valence-electron chi connectivity index (χ2n) is 7.09. The number of rotatable bonds is 4. The third kappa shape index (κ3) is 3.82. The van der Waals surface area contributed by atoms with Gasteiger partial charge in [-0.2, -0.15) is 0 Å². The Morgan fingerprint density at radius 3 is 2.72 bits per heavy atom. The Hall–Kier alpha value is -3.67. The van der Waals surface area contributed by atoms with Crippen molar-refractivity contribution in [2.24, 2.45) is 0 Å². The lowest BCUT2D eigenvalue weighted by atomic mass is 10.0. The Balaban J connectivity index is 1.49. The first-order valence-corrected chi connectivity index (χ1v) is 9.38. The predicted molar refractivity (Wildman–Crippen MR) is 111 cm³/mol. The fourth-order valence-corrected chi connectivity index (χ4v) is 3.51. The fraction of sp³-hybridized carbons (Fsp3) is 0.174. The molecule has 0 fully saturated rings. The zero-order chi connectivity index (χ0) is 20.4. The number of carbonyl (C=O) groups is 2. The van der Waals surface area contributed by atoms with Crippen LogP contribution in [0.4, 0.5) is 5.69 Å². The van der Waals surface area contributed by atoms with E-state index in [1.54, 1.807) is 18.0 Å². The average Bonchev–Trinajstić information content (AvgIpc) is 3.18. The summed E-state index contributed by atoms with van der Waals surface area (Å²) >= 11 is 0. The van der Waals surface area contributed by atoms with Gasteiger partial charge in [0, 0.05) is 31.5 Å². The molecule has 0 saturated carbocycles. The molecule has 0 spiro atoms. The van der Waals surface area contributed by atoms with Gasteiger partial charge in [-0.1, -0.05) is 60.3 Å². The normalized spacial score (nSPS) is 16.3. The number of amides is 2. The van der Waals surface area contributed by atoms with E-state index in [2.05, 4.69) is 17.1 Å². The van der Waals surface area contributed by atoms with Gasteiger partial charge in [0.25, 0.3) is 5.91 Å². The second kappa shape index (κ2) is 7.75. The third-order valence-electron chi connectivity index (χ3n) is 5.04. The van der Waals surface area contributed by atoms with Crippen molar-refractivity contribution in [2.75, 3.05) is 11.9 Å². The summed E-state index contributed by atoms with van der Waals surface area (Å²) < 4.78 is 5.30. The van der Waals surface area contributed by atoms with Crippen LogP contribution in [0.1, 0.15) is 33.8 Å². The maximum atomic E-state index is 12.9. The first-order valence-electron chi connectivity index (χ1n) is 9.38. The summed E-state index contributed by atoms with van der Waals surface area (Å²) in [7, 11) is 1.70. The molecule has 3 aromatic rings. The Morgan fingerprint density at radius 1 is 1.21 bits per heavy atom. The minimum atomic E-state index is -0.721. The lowest BCUT2D eigenvalue weighted by Crippen LogP contribution is -2.46. The van der Waals surface area contributed by atoms with Gasteiger partial charge in [-0.25, -0.2) is 0 Å². The molecule has 2 aromatic carbocycles. The molecular weight excluding hydrogens is 366 g/mol. The van der Waals surface area contributed by atoms with Crippen molar-refractivity contribution in [3.05, 3.63) is 89.8 Å². The zero-order valence-electron chi connectivity index (χ0n) is 16.1. The Morgan fingerprint density at radius 2 is 1.93 bits per heavy atom. The third-order valence-corrected chi connectivity index (χ3v) is 5.04. The van der Waals surface area contributed by atoms with Crippen LogP contribution in [0.2, 0.25) is 0 Å². The molecule has 0 radical (unpaired) electrons. The molecule has 1 aromatic heterocycles. The number of hydrogen-bond donors (Lipinski definition) is 1. The van der Waals surface area contributed by atoms with Gasteiger partial charge in [0.2, 0.25) is 5.91 Å². The molecule has 0 saturated heterocycles. The van der Waals surface area contributed by atoms with Gasteiger partial charge in [-0.3, -0.25) is 9.59 Å². The van der Waals surface area contributed by atoms with E-state index in [1.165, 1.54) is 0 Å². The van der Waals surface area contributed by atoms with E-state index < -0.39 is 11.9 Å². The largest absolute Gasteiger partial charge is 0.360 e. The van der Waals surface area contributed by atoms with Crippen LogP contribution in [0, 0.1) is 0 Å². The number of fused-ring (bicyclic) bond motifs is 1. The van der Waals surface area contributed by atoms with Gasteiger partial charge in [0.1, 0.15) is 11.8 Å². The minimum absolute atomic E-state index is 0.152. The van der Waals surface area contributed by atoms with Crippen molar-refractivity contribution in [1.82, 2.24) is 10.5 Å². The van der Waals surface area contributed by atoms with E-state index in [0.717, 1.165) is 22.4 Å². The number of likely N-dealkylation sites (N-methyl/N-ethyl adjacent to an activating group) is 1. The molecule has 1 aliphatic heterocycles. The van der Waals surface area contributed by atoms with E-state index in [0.29, 0.717) is 18.6 Å². The summed E-state index contributed by atoms with van der Waals surface area (Å²) in [6, 6.07) is 18.3. The Labute approximate surface area is 168 Å². The van der Waals surface area contributed by atoms with Crippen molar-refractivity contribution in [3.63, 3.8) is 0 Å². The van der Waals surface area contributed by atoms with Crippen LogP contribution in [-0.4, -0.2) is 30.1 Å². The lowest BCUT2D eigenvalue weighted by Gasteiger charge is -2.21. The van der Waals surface area contributed by atoms with E-state index in [-0.39, 0.29) is 11.6 Å². The van der Waals surface area contributed by atoms with Gasteiger partial charge in [-0.05, 0) is 17.2 Å². The predicted octanol–water partition coefficient (Wildman–Crippen LogP) is 3.44. The van der Waals surface area contributed by atoms with Crippen molar-refractivity contribution in [1.29, 1.82) is 0 Å². The molecule has 29 heavy (non-hydrogen) atoms. The molecule has 2 heterocycles. The number of carbonyl (C=O) groups excluding carboxylic acids is 2. The van der Waals surface area contributed by atoms with E-state index in [1.807, 2.05) is 54.6 Å². The number of nitrogens with zero attached hydrogens (tertiary/aromatic N) is 2. The molecule has 1 atom stereocenters. The molecule has 1 N–H and O–H groups in total. The smallest absolute Gasteiger partial charge is 0.274 e.